The van der Waals surface area contributed by atoms with E-state index in [4.69, 9.17) is 27.9 Å². The number of rotatable bonds is 3. The number of hydrogen-bond acceptors (Lipinski definition) is 1. The lowest BCUT2D eigenvalue weighted by Gasteiger charge is -2.16. The summed E-state index contributed by atoms with van der Waals surface area (Å²) in [5.74, 6) is 0.736. The van der Waals surface area contributed by atoms with Gasteiger partial charge in [0.1, 0.15) is 5.75 Å². The Hall–Kier alpha value is 0.0300. The maximum Gasteiger partial charge on any atom is 0.123 e. The first-order valence-corrected chi connectivity index (χ1v) is 8.14. The standard InChI is InChI=1S/C14H10BrCl2IO/c1-19-13-5-3-9(16)7-11(13)14(17)10-6-8(15)2-4-12(10)18/h2-7,14H,1H3. The Balaban J connectivity index is 2.51. The van der Waals surface area contributed by atoms with Crippen molar-refractivity contribution in [1.29, 1.82) is 0 Å². The van der Waals surface area contributed by atoms with E-state index in [-0.39, 0.29) is 5.38 Å². The van der Waals surface area contributed by atoms with Gasteiger partial charge >= 0.3 is 0 Å². The summed E-state index contributed by atoms with van der Waals surface area (Å²) in [5, 5.41) is 0.338. The summed E-state index contributed by atoms with van der Waals surface area (Å²) in [6.07, 6.45) is 0. The van der Waals surface area contributed by atoms with Crippen LogP contribution in [0.15, 0.2) is 40.9 Å². The van der Waals surface area contributed by atoms with Gasteiger partial charge < -0.3 is 4.74 Å². The van der Waals surface area contributed by atoms with Gasteiger partial charge in [-0.2, -0.15) is 0 Å². The first-order chi connectivity index (χ1) is 9.02. The summed E-state index contributed by atoms with van der Waals surface area (Å²) in [7, 11) is 1.63. The van der Waals surface area contributed by atoms with Crippen molar-refractivity contribution < 1.29 is 4.74 Å². The zero-order chi connectivity index (χ0) is 14.0. The van der Waals surface area contributed by atoms with Gasteiger partial charge in [0.05, 0.1) is 12.5 Å². The van der Waals surface area contributed by atoms with Gasteiger partial charge in [-0.15, -0.1) is 11.6 Å². The Morgan fingerprint density at radius 3 is 2.58 bits per heavy atom. The average molecular weight is 472 g/mol. The van der Waals surface area contributed by atoms with Crippen LogP contribution in [0.1, 0.15) is 16.5 Å². The highest BCUT2D eigenvalue weighted by Gasteiger charge is 2.18. The number of methoxy groups -OCH3 is 1. The molecule has 5 heteroatoms. The third kappa shape index (κ3) is 3.57. The van der Waals surface area contributed by atoms with Crippen LogP contribution >= 0.6 is 61.7 Å². The van der Waals surface area contributed by atoms with Crippen molar-refractivity contribution in [2.75, 3.05) is 7.11 Å². The monoisotopic (exact) mass is 470 g/mol. The van der Waals surface area contributed by atoms with E-state index in [0.717, 1.165) is 24.9 Å². The van der Waals surface area contributed by atoms with E-state index in [1.807, 2.05) is 30.3 Å². The highest BCUT2D eigenvalue weighted by atomic mass is 127. The average Bonchev–Trinajstić information content (AvgIpc) is 2.40. The van der Waals surface area contributed by atoms with Crippen LogP contribution in [0, 0.1) is 3.57 Å². The van der Waals surface area contributed by atoms with Crippen LogP contribution in [-0.2, 0) is 0 Å². The zero-order valence-corrected chi connectivity index (χ0v) is 15.2. The molecule has 0 aliphatic rings. The molecule has 0 N–H and O–H groups in total. The molecule has 0 saturated heterocycles. The van der Waals surface area contributed by atoms with Crippen LogP contribution in [0.5, 0.6) is 5.75 Å². The quantitative estimate of drug-likeness (QED) is 0.391. The van der Waals surface area contributed by atoms with E-state index in [1.54, 1.807) is 13.2 Å². The van der Waals surface area contributed by atoms with Gasteiger partial charge in [-0.1, -0.05) is 27.5 Å². The lowest BCUT2D eigenvalue weighted by atomic mass is 10.0. The van der Waals surface area contributed by atoms with Crippen molar-refractivity contribution in [1.82, 2.24) is 0 Å². The van der Waals surface area contributed by atoms with Gasteiger partial charge in [0.2, 0.25) is 0 Å². The summed E-state index contributed by atoms with van der Waals surface area (Å²) >= 11 is 18.4. The SMILES string of the molecule is COc1ccc(Cl)cc1C(Cl)c1cc(Br)ccc1I. The first kappa shape index (κ1) is 15.4. The second-order valence-electron chi connectivity index (χ2n) is 3.91. The Labute approximate surface area is 144 Å². The molecule has 1 unspecified atom stereocenters. The highest BCUT2D eigenvalue weighted by Crippen LogP contribution is 2.39. The van der Waals surface area contributed by atoms with Crippen molar-refractivity contribution in [3.05, 3.63) is 60.6 Å². The minimum Gasteiger partial charge on any atom is -0.496 e. The highest BCUT2D eigenvalue weighted by molar-refractivity contribution is 14.1. The molecule has 2 aromatic carbocycles. The number of hydrogen-bond donors (Lipinski definition) is 0. The van der Waals surface area contributed by atoms with Crippen LogP contribution < -0.4 is 4.74 Å². The van der Waals surface area contributed by atoms with Crippen LogP contribution in [-0.4, -0.2) is 7.11 Å². The summed E-state index contributed by atoms with van der Waals surface area (Å²) in [5.41, 5.74) is 1.89. The second-order valence-corrected chi connectivity index (χ2v) is 6.87. The molecular weight excluding hydrogens is 462 g/mol. The van der Waals surface area contributed by atoms with Gasteiger partial charge in [-0.05, 0) is 64.6 Å². The fraction of sp³-hybridized carbons (Fsp3) is 0.143. The molecule has 0 aliphatic heterocycles. The summed E-state index contributed by atoms with van der Waals surface area (Å²) in [4.78, 5) is 0. The fourth-order valence-corrected chi connectivity index (χ4v) is 3.52. The number of ether oxygens (including phenoxy) is 1. The van der Waals surface area contributed by atoms with E-state index >= 15 is 0 Å². The fourth-order valence-electron chi connectivity index (χ4n) is 1.78. The molecule has 2 rings (SSSR count). The minimum atomic E-state index is -0.307. The van der Waals surface area contributed by atoms with Gasteiger partial charge in [0.15, 0.2) is 0 Å². The van der Waals surface area contributed by atoms with E-state index < -0.39 is 0 Å². The van der Waals surface area contributed by atoms with Gasteiger partial charge in [0, 0.05) is 18.6 Å². The molecule has 0 heterocycles. The lowest BCUT2D eigenvalue weighted by molar-refractivity contribution is 0.410. The number of benzene rings is 2. The lowest BCUT2D eigenvalue weighted by Crippen LogP contribution is -1.99. The van der Waals surface area contributed by atoms with Crippen molar-refractivity contribution >= 4 is 61.7 Å². The number of alkyl halides is 1. The topological polar surface area (TPSA) is 9.23 Å². The van der Waals surface area contributed by atoms with Gasteiger partial charge in [0.25, 0.3) is 0 Å². The molecule has 19 heavy (non-hydrogen) atoms. The predicted molar refractivity (Wildman–Crippen MR) is 92.6 cm³/mol. The molecule has 0 radical (unpaired) electrons. The predicted octanol–water partition coefficient (Wildman–Crippen LogP) is 6.04. The van der Waals surface area contributed by atoms with Crippen LogP contribution in [0.25, 0.3) is 0 Å². The molecule has 0 fully saturated rings. The summed E-state index contributed by atoms with van der Waals surface area (Å²) in [6, 6.07) is 11.5. The Morgan fingerprint density at radius 2 is 1.89 bits per heavy atom. The molecule has 2 aromatic rings. The van der Waals surface area contributed by atoms with Gasteiger partial charge in [-0.25, -0.2) is 0 Å². The molecule has 100 valence electrons. The molecule has 1 atom stereocenters. The molecular formula is C14H10BrCl2IO. The van der Waals surface area contributed by atoms with Gasteiger partial charge in [-0.3, -0.25) is 0 Å². The van der Waals surface area contributed by atoms with E-state index in [2.05, 4.69) is 38.5 Å². The largest absolute Gasteiger partial charge is 0.496 e. The van der Waals surface area contributed by atoms with Crippen LogP contribution in [0.4, 0.5) is 0 Å². The molecule has 1 nitrogen and oxygen atoms in total. The summed E-state index contributed by atoms with van der Waals surface area (Å²) in [6.45, 7) is 0. The van der Waals surface area contributed by atoms with Crippen LogP contribution in [0.2, 0.25) is 5.02 Å². The Kier molecular flexibility index (Phi) is 5.40. The van der Waals surface area contributed by atoms with E-state index in [1.165, 1.54) is 0 Å². The maximum atomic E-state index is 6.60. The van der Waals surface area contributed by atoms with Crippen molar-refractivity contribution in [3.8, 4) is 5.75 Å². The second kappa shape index (κ2) is 6.66. The Morgan fingerprint density at radius 1 is 1.16 bits per heavy atom. The van der Waals surface area contributed by atoms with Crippen LogP contribution in [0.3, 0.4) is 0 Å². The van der Waals surface area contributed by atoms with Crippen molar-refractivity contribution in [2.24, 2.45) is 0 Å². The maximum absolute atomic E-state index is 6.60. The zero-order valence-electron chi connectivity index (χ0n) is 9.96. The number of halogens is 4. The smallest absolute Gasteiger partial charge is 0.123 e. The molecule has 0 aliphatic carbocycles. The third-order valence-corrected chi connectivity index (χ3v) is 4.88. The summed E-state index contributed by atoms with van der Waals surface area (Å²) < 4.78 is 7.45. The van der Waals surface area contributed by atoms with E-state index in [0.29, 0.717) is 5.02 Å². The Bertz CT molecular complexity index is 604. The molecule has 0 amide bonds. The molecule has 0 aromatic heterocycles. The first-order valence-electron chi connectivity index (χ1n) is 5.45. The minimum absolute atomic E-state index is 0.307. The molecule has 0 saturated carbocycles. The molecule has 0 spiro atoms. The molecule has 0 bridgehead atoms. The normalized spacial score (nSPS) is 12.3. The van der Waals surface area contributed by atoms with Crippen molar-refractivity contribution in [2.45, 2.75) is 5.38 Å². The van der Waals surface area contributed by atoms with E-state index in [9.17, 15) is 0 Å². The van der Waals surface area contributed by atoms with Crippen molar-refractivity contribution in [3.63, 3.8) is 0 Å². The third-order valence-electron chi connectivity index (χ3n) is 2.70.